The van der Waals surface area contributed by atoms with Gasteiger partial charge in [0.05, 0.1) is 0 Å². The van der Waals surface area contributed by atoms with Gasteiger partial charge in [0.2, 0.25) is 5.91 Å². The number of halogens is 1. The smallest absolute Gasteiger partial charge is 0.220 e. The third-order valence-corrected chi connectivity index (χ3v) is 2.06. The molecule has 0 atom stereocenters. The molecule has 3 heteroatoms. The molecule has 0 saturated carbocycles. The van der Waals surface area contributed by atoms with Gasteiger partial charge < -0.3 is 5.32 Å². The maximum atomic E-state index is 11.1. The van der Waals surface area contributed by atoms with Crippen LogP contribution in [0.2, 0.25) is 0 Å². The number of alkyl halides is 1. The van der Waals surface area contributed by atoms with Gasteiger partial charge in [0.25, 0.3) is 0 Å². The van der Waals surface area contributed by atoms with Crippen LogP contribution < -0.4 is 5.32 Å². The molecule has 0 aliphatic rings. The maximum absolute atomic E-state index is 11.1. The minimum atomic E-state index is 0.185. The fourth-order valence-corrected chi connectivity index (χ4v) is 1.18. The monoisotopic (exact) mass is 235 g/mol. The predicted molar refractivity (Wildman–Crippen MR) is 55.5 cm³/mol. The van der Waals surface area contributed by atoms with Crippen molar-refractivity contribution in [1.82, 2.24) is 5.32 Å². The van der Waals surface area contributed by atoms with Gasteiger partial charge in [0.15, 0.2) is 0 Å². The molecule has 12 heavy (non-hydrogen) atoms. The van der Waals surface area contributed by atoms with Crippen molar-refractivity contribution in [3.05, 3.63) is 0 Å². The Morgan fingerprint density at radius 3 is 2.58 bits per heavy atom. The molecule has 0 saturated heterocycles. The number of unbranched alkanes of at least 4 members (excludes halogenated alkanes) is 1. The van der Waals surface area contributed by atoms with Crippen molar-refractivity contribution in [1.29, 1.82) is 0 Å². The third kappa shape index (κ3) is 8.05. The van der Waals surface area contributed by atoms with Gasteiger partial charge in [-0.1, -0.05) is 29.8 Å². The highest BCUT2D eigenvalue weighted by Crippen LogP contribution is 1.98. The second-order valence-electron chi connectivity index (χ2n) is 3.34. The summed E-state index contributed by atoms with van der Waals surface area (Å²) in [7, 11) is 0. The largest absolute Gasteiger partial charge is 0.356 e. The number of hydrogen-bond donors (Lipinski definition) is 1. The molecule has 0 radical (unpaired) electrons. The standard InChI is InChI=1S/C9H18BrNO/c1-8(2)7-11-9(12)5-3-4-6-10/h8H,3-7H2,1-2H3,(H,11,12). The van der Waals surface area contributed by atoms with Crippen LogP contribution in [-0.4, -0.2) is 17.8 Å². The molecular weight excluding hydrogens is 218 g/mol. The third-order valence-electron chi connectivity index (χ3n) is 1.49. The van der Waals surface area contributed by atoms with Gasteiger partial charge in [-0.25, -0.2) is 0 Å². The molecule has 1 amide bonds. The Morgan fingerprint density at radius 2 is 2.08 bits per heavy atom. The fraction of sp³-hybridized carbons (Fsp3) is 0.889. The van der Waals surface area contributed by atoms with E-state index in [1.165, 1.54) is 0 Å². The fourth-order valence-electron chi connectivity index (χ4n) is 0.786. The zero-order valence-electron chi connectivity index (χ0n) is 7.90. The van der Waals surface area contributed by atoms with Crippen molar-refractivity contribution < 1.29 is 4.79 Å². The van der Waals surface area contributed by atoms with Crippen molar-refractivity contribution in [2.75, 3.05) is 11.9 Å². The first-order valence-electron chi connectivity index (χ1n) is 4.49. The quantitative estimate of drug-likeness (QED) is 0.556. The molecule has 0 heterocycles. The van der Waals surface area contributed by atoms with E-state index in [9.17, 15) is 4.79 Å². The van der Waals surface area contributed by atoms with Gasteiger partial charge >= 0.3 is 0 Å². The van der Waals surface area contributed by atoms with Crippen molar-refractivity contribution >= 4 is 21.8 Å². The maximum Gasteiger partial charge on any atom is 0.220 e. The lowest BCUT2D eigenvalue weighted by molar-refractivity contribution is -0.121. The molecule has 1 N–H and O–H groups in total. The van der Waals surface area contributed by atoms with E-state index in [0.29, 0.717) is 12.3 Å². The topological polar surface area (TPSA) is 29.1 Å². The molecule has 0 aliphatic heterocycles. The molecule has 0 aromatic carbocycles. The van der Waals surface area contributed by atoms with Crippen LogP contribution in [0.1, 0.15) is 33.1 Å². The van der Waals surface area contributed by atoms with Crippen LogP contribution >= 0.6 is 15.9 Å². The SMILES string of the molecule is CC(C)CNC(=O)CCCCBr. The van der Waals surface area contributed by atoms with Gasteiger partial charge in [-0.3, -0.25) is 4.79 Å². The van der Waals surface area contributed by atoms with Crippen LogP contribution in [-0.2, 0) is 4.79 Å². The zero-order valence-corrected chi connectivity index (χ0v) is 9.49. The Balaban J connectivity index is 3.22. The summed E-state index contributed by atoms with van der Waals surface area (Å²) in [5.74, 6) is 0.731. The molecule has 2 nitrogen and oxygen atoms in total. The van der Waals surface area contributed by atoms with E-state index < -0.39 is 0 Å². The zero-order chi connectivity index (χ0) is 9.40. The summed E-state index contributed by atoms with van der Waals surface area (Å²) in [6, 6.07) is 0. The minimum absolute atomic E-state index is 0.185. The summed E-state index contributed by atoms with van der Waals surface area (Å²) in [5.41, 5.74) is 0. The summed E-state index contributed by atoms with van der Waals surface area (Å²) in [5, 5.41) is 3.88. The number of rotatable bonds is 6. The summed E-state index contributed by atoms with van der Waals surface area (Å²) in [6.07, 6.45) is 2.72. The summed E-state index contributed by atoms with van der Waals surface area (Å²) < 4.78 is 0. The minimum Gasteiger partial charge on any atom is -0.356 e. The van der Waals surface area contributed by atoms with Crippen LogP contribution in [0.15, 0.2) is 0 Å². The molecule has 0 aromatic heterocycles. The summed E-state index contributed by atoms with van der Waals surface area (Å²) >= 11 is 3.33. The van der Waals surface area contributed by atoms with Crippen LogP contribution in [0.3, 0.4) is 0 Å². The summed E-state index contributed by atoms with van der Waals surface area (Å²) in [6.45, 7) is 4.99. The first kappa shape index (κ1) is 11.9. The number of nitrogens with one attached hydrogen (secondary N) is 1. The lowest BCUT2D eigenvalue weighted by Crippen LogP contribution is -2.26. The molecule has 0 rings (SSSR count). The highest BCUT2D eigenvalue weighted by Gasteiger charge is 2.00. The van der Waals surface area contributed by atoms with E-state index in [1.807, 2.05) is 0 Å². The molecule has 0 unspecified atom stereocenters. The van der Waals surface area contributed by atoms with E-state index >= 15 is 0 Å². The molecule has 72 valence electrons. The number of carbonyl (C=O) groups excluding carboxylic acids is 1. The molecule has 0 aromatic rings. The molecule has 0 bridgehead atoms. The van der Waals surface area contributed by atoms with E-state index in [-0.39, 0.29) is 5.91 Å². The Kier molecular flexibility index (Phi) is 7.56. The lowest BCUT2D eigenvalue weighted by Gasteiger charge is -2.06. The van der Waals surface area contributed by atoms with Crippen molar-refractivity contribution in [3.63, 3.8) is 0 Å². The Labute approximate surface area is 83.2 Å². The van der Waals surface area contributed by atoms with E-state index in [1.54, 1.807) is 0 Å². The van der Waals surface area contributed by atoms with Crippen molar-refractivity contribution in [2.45, 2.75) is 33.1 Å². The Hall–Kier alpha value is -0.0500. The van der Waals surface area contributed by atoms with Crippen LogP contribution in [0.4, 0.5) is 0 Å². The van der Waals surface area contributed by atoms with Crippen LogP contribution in [0.25, 0.3) is 0 Å². The van der Waals surface area contributed by atoms with Crippen LogP contribution in [0, 0.1) is 5.92 Å². The van der Waals surface area contributed by atoms with Gasteiger partial charge in [-0.15, -0.1) is 0 Å². The van der Waals surface area contributed by atoms with E-state index in [0.717, 1.165) is 24.7 Å². The molecule has 0 spiro atoms. The Morgan fingerprint density at radius 1 is 1.42 bits per heavy atom. The number of carbonyl (C=O) groups is 1. The van der Waals surface area contributed by atoms with Gasteiger partial charge in [0, 0.05) is 18.3 Å². The van der Waals surface area contributed by atoms with Gasteiger partial charge in [-0.05, 0) is 18.8 Å². The lowest BCUT2D eigenvalue weighted by atomic mass is 10.2. The molecule has 0 aliphatic carbocycles. The second-order valence-corrected chi connectivity index (χ2v) is 4.14. The van der Waals surface area contributed by atoms with E-state index in [2.05, 4.69) is 35.1 Å². The van der Waals surface area contributed by atoms with Gasteiger partial charge in [0.1, 0.15) is 0 Å². The predicted octanol–water partition coefficient (Wildman–Crippen LogP) is 2.32. The van der Waals surface area contributed by atoms with Crippen molar-refractivity contribution in [2.24, 2.45) is 5.92 Å². The normalized spacial score (nSPS) is 10.3. The highest BCUT2D eigenvalue weighted by molar-refractivity contribution is 9.09. The first-order valence-corrected chi connectivity index (χ1v) is 5.61. The average Bonchev–Trinajstić information content (AvgIpc) is 2.01. The van der Waals surface area contributed by atoms with E-state index in [4.69, 9.17) is 0 Å². The van der Waals surface area contributed by atoms with Gasteiger partial charge in [-0.2, -0.15) is 0 Å². The molecular formula is C9H18BrNO. The van der Waals surface area contributed by atoms with Crippen molar-refractivity contribution in [3.8, 4) is 0 Å². The highest BCUT2D eigenvalue weighted by atomic mass is 79.9. The molecule has 0 fully saturated rings. The second kappa shape index (κ2) is 7.59. The first-order chi connectivity index (χ1) is 5.66. The Bertz CT molecular complexity index is 126. The van der Waals surface area contributed by atoms with Crippen LogP contribution in [0.5, 0.6) is 0 Å². The number of hydrogen-bond acceptors (Lipinski definition) is 1. The summed E-state index contributed by atoms with van der Waals surface area (Å²) in [4.78, 5) is 11.1. The number of amides is 1. The average molecular weight is 236 g/mol.